The van der Waals surface area contributed by atoms with Crippen LogP contribution in [0.3, 0.4) is 0 Å². The van der Waals surface area contributed by atoms with E-state index in [-0.39, 0.29) is 28.8 Å². The molecule has 2 nitrogen and oxygen atoms in total. The van der Waals surface area contributed by atoms with Crippen molar-refractivity contribution in [1.82, 2.24) is 0 Å². The molecule has 1 atom stereocenters. The van der Waals surface area contributed by atoms with Gasteiger partial charge in [0.1, 0.15) is 5.82 Å². The molecule has 20 heavy (non-hydrogen) atoms. The van der Waals surface area contributed by atoms with E-state index >= 15 is 0 Å². The highest BCUT2D eigenvalue weighted by Gasteiger charge is 2.14. The van der Waals surface area contributed by atoms with Gasteiger partial charge in [0, 0.05) is 17.5 Å². The van der Waals surface area contributed by atoms with Crippen LogP contribution in [-0.4, -0.2) is 5.78 Å². The maximum Gasteiger partial charge on any atom is 0.165 e. The van der Waals surface area contributed by atoms with Crippen molar-refractivity contribution >= 4 is 17.4 Å². The number of hydrogen-bond donors (Lipinski definition) is 1. The number of hydrogen-bond acceptors (Lipinski definition) is 2. The van der Waals surface area contributed by atoms with Crippen LogP contribution < -0.4 is 5.73 Å². The van der Waals surface area contributed by atoms with Gasteiger partial charge in [-0.3, -0.25) is 4.79 Å². The third-order valence-corrected chi connectivity index (χ3v) is 3.38. The normalized spacial score (nSPS) is 12.2. The molecule has 2 rings (SSSR count). The van der Waals surface area contributed by atoms with Crippen LogP contribution in [0, 0.1) is 5.82 Å². The molecule has 104 valence electrons. The van der Waals surface area contributed by atoms with E-state index in [1.165, 1.54) is 12.1 Å². The second-order valence-corrected chi connectivity index (χ2v) is 5.04. The van der Waals surface area contributed by atoms with Gasteiger partial charge in [0.25, 0.3) is 0 Å². The van der Waals surface area contributed by atoms with Crippen LogP contribution in [0.25, 0.3) is 0 Å². The van der Waals surface area contributed by atoms with Crippen LogP contribution in [0.1, 0.15) is 34.8 Å². The van der Waals surface area contributed by atoms with E-state index in [1.54, 1.807) is 0 Å². The minimum atomic E-state index is -0.587. The Morgan fingerprint density at radius 3 is 2.55 bits per heavy atom. The molecule has 0 fully saturated rings. The predicted octanol–water partition coefficient (Wildman–Crippen LogP) is 4.14. The Morgan fingerprint density at radius 2 is 1.90 bits per heavy atom. The third-order valence-electron chi connectivity index (χ3n) is 3.14. The fourth-order valence-corrected chi connectivity index (χ4v) is 2.16. The van der Waals surface area contributed by atoms with Crippen molar-refractivity contribution in [2.75, 3.05) is 0 Å². The van der Waals surface area contributed by atoms with E-state index in [1.807, 2.05) is 30.3 Å². The van der Waals surface area contributed by atoms with Gasteiger partial charge in [-0.25, -0.2) is 4.39 Å². The standard InChI is InChI=1S/C16H15ClFNO/c17-12-6-7-13(14(18)10-12)16(20)9-8-15(19)11-4-2-1-3-5-11/h1-7,10,15H,8-9,19H2. The highest BCUT2D eigenvalue weighted by Crippen LogP contribution is 2.20. The molecule has 0 aliphatic carbocycles. The lowest BCUT2D eigenvalue weighted by molar-refractivity contribution is 0.0973. The zero-order chi connectivity index (χ0) is 14.5. The summed E-state index contributed by atoms with van der Waals surface area (Å²) >= 11 is 5.66. The van der Waals surface area contributed by atoms with Gasteiger partial charge in [-0.05, 0) is 30.2 Å². The number of nitrogens with two attached hydrogens (primary N) is 1. The monoisotopic (exact) mass is 291 g/mol. The van der Waals surface area contributed by atoms with Crippen LogP contribution in [0.15, 0.2) is 48.5 Å². The number of benzene rings is 2. The van der Waals surface area contributed by atoms with Gasteiger partial charge in [-0.15, -0.1) is 0 Å². The second-order valence-electron chi connectivity index (χ2n) is 4.60. The van der Waals surface area contributed by atoms with Gasteiger partial charge >= 0.3 is 0 Å². The quantitative estimate of drug-likeness (QED) is 0.841. The van der Waals surface area contributed by atoms with Crippen LogP contribution in [0.4, 0.5) is 4.39 Å². The largest absolute Gasteiger partial charge is 0.324 e. The van der Waals surface area contributed by atoms with Gasteiger partial charge in [0.15, 0.2) is 5.78 Å². The van der Waals surface area contributed by atoms with Crippen LogP contribution >= 0.6 is 11.6 Å². The Balaban J connectivity index is 1.99. The summed E-state index contributed by atoms with van der Waals surface area (Å²) < 4.78 is 13.6. The van der Waals surface area contributed by atoms with Gasteiger partial charge in [0.2, 0.25) is 0 Å². The van der Waals surface area contributed by atoms with Crippen molar-refractivity contribution in [3.05, 3.63) is 70.5 Å². The summed E-state index contributed by atoms with van der Waals surface area (Å²) in [5, 5.41) is 0.278. The maximum atomic E-state index is 13.6. The minimum Gasteiger partial charge on any atom is -0.324 e. The summed E-state index contributed by atoms with van der Waals surface area (Å²) in [6.45, 7) is 0. The molecule has 0 radical (unpaired) electrons. The summed E-state index contributed by atoms with van der Waals surface area (Å²) in [7, 11) is 0. The molecule has 0 saturated heterocycles. The summed E-state index contributed by atoms with van der Waals surface area (Å²) in [6.07, 6.45) is 0.680. The Bertz CT molecular complexity index is 601. The van der Waals surface area contributed by atoms with Crippen LogP contribution in [-0.2, 0) is 0 Å². The number of carbonyl (C=O) groups is 1. The van der Waals surface area contributed by atoms with Gasteiger partial charge < -0.3 is 5.73 Å². The van der Waals surface area contributed by atoms with E-state index in [0.29, 0.717) is 6.42 Å². The first-order valence-electron chi connectivity index (χ1n) is 6.36. The van der Waals surface area contributed by atoms with Gasteiger partial charge in [0.05, 0.1) is 5.56 Å². The van der Waals surface area contributed by atoms with E-state index in [4.69, 9.17) is 17.3 Å². The number of Topliss-reactive ketones (excluding diaryl/α,β-unsaturated/α-hetero) is 1. The van der Waals surface area contributed by atoms with Crippen LogP contribution in [0.2, 0.25) is 5.02 Å². The molecular weight excluding hydrogens is 277 g/mol. The third kappa shape index (κ3) is 3.65. The minimum absolute atomic E-state index is 0.0645. The molecule has 0 aliphatic heterocycles. The van der Waals surface area contributed by atoms with E-state index < -0.39 is 5.82 Å². The van der Waals surface area contributed by atoms with Crippen molar-refractivity contribution < 1.29 is 9.18 Å². The lowest BCUT2D eigenvalue weighted by atomic mass is 9.99. The van der Waals surface area contributed by atoms with Gasteiger partial charge in [-0.1, -0.05) is 41.9 Å². The van der Waals surface area contributed by atoms with E-state index in [2.05, 4.69) is 0 Å². The first-order valence-corrected chi connectivity index (χ1v) is 6.74. The average molecular weight is 292 g/mol. The molecule has 0 aromatic heterocycles. The van der Waals surface area contributed by atoms with Crippen molar-refractivity contribution in [2.24, 2.45) is 5.73 Å². The highest BCUT2D eigenvalue weighted by atomic mass is 35.5. The molecule has 4 heteroatoms. The lowest BCUT2D eigenvalue weighted by Gasteiger charge is -2.11. The Labute approximate surface area is 122 Å². The molecule has 1 unspecified atom stereocenters. The predicted molar refractivity (Wildman–Crippen MR) is 78.3 cm³/mol. The van der Waals surface area contributed by atoms with Crippen molar-refractivity contribution in [2.45, 2.75) is 18.9 Å². The molecule has 0 heterocycles. The Kier molecular flexibility index (Phi) is 4.88. The summed E-state index contributed by atoms with van der Waals surface area (Å²) in [5.41, 5.74) is 7.05. The van der Waals surface area contributed by atoms with Crippen LogP contribution in [0.5, 0.6) is 0 Å². The molecule has 2 N–H and O–H groups in total. The second kappa shape index (κ2) is 6.64. The molecule has 0 aliphatic rings. The molecule has 2 aromatic carbocycles. The molecule has 0 spiro atoms. The maximum absolute atomic E-state index is 13.6. The van der Waals surface area contributed by atoms with E-state index in [0.717, 1.165) is 11.6 Å². The SMILES string of the molecule is NC(CCC(=O)c1ccc(Cl)cc1F)c1ccccc1. The summed E-state index contributed by atoms with van der Waals surface area (Å²) in [6, 6.07) is 13.4. The molecule has 0 amide bonds. The topological polar surface area (TPSA) is 43.1 Å². The molecule has 2 aromatic rings. The fourth-order valence-electron chi connectivity index (χ4n) is 2.00. The Morgan fingerprint density at radius 1 is 1.20 bits per heavy atom. The number of ketones is 1. The first-order chi connectivity index (χ1) is 9.58. The zero-order valence-electron chi connectivity index (χ0n) is 10.9. The summed E-state index contributed by atoms with van der Waals surface area (Å²) in [4.78, 5) is 12.0. The van der Waals surface area contributed by atoms with Crippen molar-refractivity contribution in [3.63, 3.8) is 0 Å². The van der Waals surface area contributed by atoms with Crippen molar-refractivity contribution in [1.29, 1.82) is 0 Å². The lowest BCUT2D eigenvalue weighted by Crippen LogP contribution is -2.13. The highest BCUT2D eigenvalue weighted by molar-refractivity contribution is 6.30. The number of rotatable bonds is 5. The molecule has 0 bridgehead atoms. The number of halogens is 2. The average Bonchev–Trinajstić information content (AvgIpc) is 2.45. The first kappa shape index (κ1) is 14.7. The zero-order valence-corrected chi connectivity index (χ0v) is 11.6. The van der Waals surface area contributed by atoms with Crippen molar-refractivity contribution in [3.8, 4) is 0 Å². The van der Waals surface area contributed by atoms with E-state index in [9.17, 15) is 9.18 Å². The smallest absolute Gasteiger partial charge is 0.165 e. The molecular formula is C16H15ClFNO. The number of carbonyl (C=O) groups excluding carboxylic acids is 1. The van der Waals surface area contributed by atoms with Gasteiger partial charge in [-0.2, -0.15) is 0 Å². The molecule has 0 saturated carbocycles. The fraction of sp³-hybridized carbons (Fsp3) is 0.188. The Hall–Kier alpha value is -1.71. The summed E-state index contributed by atoms with van der Waals surface area (Å²) in [5.74, 6) is -0.846.